The Kier molecular flexibility index (Phi) is 3.19. The molecule has 0 amide bonds. The standard InChI is InChI=1S/C9H10ClNO4S2/c1-5-4-7(16-8(5)10)17(14,15)11-3-2-6(11)9(12)13/h4,6H,2-3H2,1H3,(H,12,13)/t6-/m0/s1. The molecule has 1 aliphatic rings. The van der Waals surface area contributed by atoms with Crippen molar-refractivity contribution in [3.8, 4) is 0 Å². The summed E-state index contributed by atoms with van der Waals surface area (Å²) in [4.78, 5) is 10.8. The van der Waals surface area contributed by atoms with Crippen molar-refractivity contribution in [2.45, 2.75) is 23.6 Å². The Bertz CT molecular complexity index is 546. The second-order valence-corrected chi connectivity index (χ2v) is 7.55. The number of carbonyl (C=O) groups is 1. The molecule has 17 heavy (non-hydrogen) atoms. The smallest absolute Gasteiger partial charge is 0.322 e. The topological polar surface area (TPSA) is 74.7 Å². The van der Waals surface area contributed by atoms with E-state index in [4.69, 9.17) is 16.7 Å². The van der Waals surface area contributed by atoms with Gasteiger partial charge in [0.15, 0.2) is 0 Å². The van der Waals surface area contributed by atoms with E-state index in [1.54, 1.807) is 6.92 Å². The van der Waals surface area contributed by atoms with E-state index in [9.17, 15) is 13.2 Å². The molecule has 1 aromatic heterocycles. The molecule has 0 spiro atoms. The van der Waals surface area contributed by atoms with E-state index < -0.39 is 22.0 Å². The van der Waals surface area contributed by atoms with Gasteiger partial charge < -0.3 is 5.11 Å². The molecule has 94 valence electrons. The van der Waals surface area contributed by atoms with Crippen LogP contribution < -0.4 is 0 Å². The molecule has 2 rings (SSSR count). The van der Waals surface area contributed by atoms with Gasteiger partial charge in [0.25, 0.3) is 10.0 Å². The zero-order valence-corrected chi connectivity index (χ0v) is 11.3. The number of thiophene rings is 1. The molecule has 8 heteroatoms. The van der Waals surface area contributed by atoms with Crippen LogP contribution in [0.25, 0.3) is 0 Å². The van der Waals surface area contributed by atoms with Crippen LogP contribution in [0.15, 0.2) is 10.3 Å². The zero-order chi connectivity index (χ0) is 12.8. The molecule has 5 nitrogen and oxygen atoms in total. The summed E-state index contributed by atoms with van der Waals surface area (Å²) in [6.07, 6.45) is 0.354. The molecule has 0 bridgehead atoms. The monoisotopic (exact) mass is 295 g/mol. The van der Waals surface area contributed by atoms with Crippen molar-refractivity contribution in [3.05, 3.63) is 16.0 Å². The van der Waals surface area contributed by atoms with E-state index in [2.05, 4.69) is 0 Å². The summed E-state index contributed by atoms with van der Waals surface area (Å²) in [5, 5.41) is 8.84. The highest BCUT2D eigenvalue weighted by molar-refractivity contribution is 7.91. The highest BCUT2D eigenvalue weighted by Gasteiger charge is 2.43. The Morgan fingerprint density at radius 3 is 2.65 bits per heavy atom. The van der Waals surface area contributed by atoms with Crippen LogP contribution in [0.4, 0.5) is 0 Å². The van der Waals surface area contributed by atoms with Crippen molar-refractivity contribution >= 4 is 38.9 Å². The minimum atomic E-state index is -3.71. The number of carboxylic acid groups (broad SMARTS) is 1. The number of halogens is 1. The number of carboxylic acids is 1. The van der Waals surface area contributed by atoms with E-state index >= 15 is 0 Å². The van der Waals surface area contributed by atoms with Crippen molar-refractivity contribution in [1.29, 1.82) is 0 Å². The third kappa shape index (κ3) is 2.08. The number of hydrogen-bond donors (Lipinski definition) is 1. The summed E-state index contributed by atoms with van der Waals surface area (Å²) in [6, 6.07) is 0.528. The summed E-state index contributed by atoms with van der Waals surface area (Å²) in [5.74, 6) is -1.11. The van der Waals surface area contributed by atoms with Crippen molar-refractivity contribution < 1.29 is 18.3 Å². The van der Waals surface area contributed by atoms with Gasteiger partial charge in [-0.05, 0) is 25.0 Å². The molecule has 1 fully saturated rings. The molecule has 1 saturated heterocycles. The molecular weight excluding hydrogens is 286 g/mol. The molecule has 0 saturated carbocycles. The maximum atomic E-state index is 12.1. The fraction of sp³-hybridized carbons (Fsp3) is 0.444. The Morgan fingerprint density at radius 1 is 1.65 bits per heavy atom. The maximum absolute atomic E-state index is 12.1. The first-order valence-electron chi connectivity index (χ1n) is 4.84. The van der Waals surface area contributed by atoms with Gasteiger partial charge in [0, 0.05) is 6.54 Å². The SMILES string of the molecule is Cc1cc(S(=O)(=O)N2CC[C@H]2C(=O)O)sc1Cl. The highest BCUT2D eigenvalue weighted by atomic mass is 35.5. The maximum Gasteiger partial charge on any atom is 0.322 e. The van der Waals surface area contributed by atoms with Gasteiger partial charge in [-0.3, -0.25) is 4.79 Å². The molecule has 2 heterocycles. The average Bonchev–Trinajstić information content (AvgIpc) is 2.43. The number of aryl methyl sites for hydroxylation is 1. The predicted molar refractivity (Wildman–Crippen MR) is 64.0 cm³/mol. The van der Waals surface area contributed by atoms with Gasteiger partial charge in [-0.1, -0.05) is 11.6 Å². The van der Waals surface area contributed by atoms with Crippen molar-refractivity contribution in [3.63, 3.8) is 0 Å². The van der Waals surface area contributed by atoms with E-state index in [1.807, 2.05) is 0 Å². The first-order valence-corrected chi connectivity index (χ1v) is 7.48. The summed E-state index contributed by atoms with van der Waals surface area (Å²) >= 11 is 6.78. The fourth-order valence-electron chi connectivity index (χ4n) is 1.57. The number of aliphatic carboxylic acids is 1. The molecule has 1 atom stereocenters. The third-order valence-corrected chi connectivity index (χ3v) is 6.57. The molecule has 1 aromatic rings. The van der Waals surface area contributed by atoms with Gasteiger partial charge >= 0.3 is 5.97 Å². The first-order chi connectivity index (χ1) is 7.84. The Hall–Kier alpha value is -0.630. The largest absolute Gasteiger partial charge is 0.480 e. The second kappa shape index (κ2) is 4.24. The molecule has 0 radical (unpaired) electrons. The average molecular weight is 296 g/mol. The summed E-state index contributed by atoms with van der Waals surface area (Å²) in [7, 11) is -3.71. The van der Waals surface area contributed by atoms with Crippen LogP contribution in [0, 0.1) is 6.92 Å². The number of sulfonamides is 1. The van der Waals surface area contributed by atoms with Gasteiger partial charge in [-0.2, -0.15) is 4.31 Å². The van der Waals surface area contributed by atoms with Crippen LogP contribution in [-0.4, -0.2) is 36.4 Å². The fourth-order valence-corrected chi connectivity index (χ4v) is 5.04. The third-order valence-electron chi connectivity index (χ3n) is 2.65. The lowest BCUT2D eigenvalue weighted by Gasteiger charge is -2.35. The van der Waals surface area contributed by atoms with E-state index in [-0.39, 0.29) is 10.8 Å². The van der Waals surface area contributed by atoms with Gasteiger partial charge in [-0.25, -0.2) is 8.42 Å². The van der Waals surface area contributed by atoms with Crippen molar-refractivity contribution in [2.24, 2.45) is 0 Å². The lowest BCUT2D eigenvalue weighted by atomic mass is 10.1. The van der Waals surface area contributed by atoms with Crippen LogP contribution in [0.1, 0.15) is 12.0 Å². The van der Waals surface area contributed by atoms with Crippen LogP contribution >= 0.6 is 22.9 Å². The zero-order valence-electron chi connectivity index (χ0n) is 8.88. The number of rotatable bonds is 3. The molecule has 0 unspecified atom stereocenters. The number of nitrogens with zero attached hydrogens (tertiary/aromatic N) is 1. The summed E-state index contributed by atoms with van der Waals surface area (Å²) < 4.78 is 25.7. The van der Waals surface area contributed by atoms with E-state index in [0.717, 1.165) is 15.6 Å². The van der Waals surface area contributed by atoms with Crippen LogP contribution in [0.5, 0.6) is 0 Å². The van der Waals surface area contributed by atoms with E-state index in [1.165, 1.54) is 6.07 Å². The predicted octanol–water partition coefficient (Wildman–Crippen LogP) is 1.56. The van der Waals surface area contributed by atoms with Gasteiger partial charge in [0.1, 0.15) is 10.3 Å². The number of hydrogen-bond acceptors (Lipinski definition) is 4. The highest BCUT2D eigenvalue weighted by Crippen LogP contribution is 2.35. The molecule has 0 aliphatic carbocycles. The Morgan fingerprint density at radius 2 is 2.29 bits per heavy atom. The lowest BCUT2D eigenvalue weighted by Crippen LogP contribution is -2.54. The van der Waals surface area contributed by atoms with E-state index in [0.29, 0.717) is 16.3 Å². The minimum absolute atomic E-state index is 0.103. The Labute approximate surface area is 108 Å². The van der Waals surface area contributed by atoms with Crippen LogP contribution in [0.3, 0.4) is 0 Å². The second-order valence-electron chi connectivity index (χ2n) is 3.78. The summed E-state index contributed by atoms with van der Waals surface area (Å²) in [6.45, 7) is 1.95. The quantitative estimate of drug-likeness (QED) is 0.918. The van der Waals surface area contributed by atoms with Crippen molar-refractivity contribution in [1.82, 2.24) is 4.31 Å². The molecule has 1 N–H and O–H groups in total. The summed E-state index contributed by atoms with van der Waals surface area (Å²) in [5.41, 5.74) is 0.683. The molecule has 1 aliphatic heterocycles. The Balaban J connectivity index is 2.34. The minimum Gasteiger partial charge on any atom is -0.480 e. The van der Waals surface area contributed by atoms with Gasteiger partial charge in [-0.15, -0.1) is 11.3 Å². The lowest BCUT2D eigenvalue weighted by molar-refractivity contribution is -0.144. The van der Waals surface area contributed by atoms with Gasteiger partial charge in [0.05, 0.1) is 4.34 Å². The van der Waals surface area contributed by atoms with Crippen LogP contribution in [-0.2, 0) is 14.8 Å². The molecular formula is C9H10ClNO4S2. The molecule has 0 aromatic carbocycles. The van der Waals surface area contributed by atoms with Gasteiger partial charge in [0.2, 0.25) is 0 Å². The van der Waals surface area contributed by atoms with Crippen LogP contribution in [0.2, 0.25) is 4.34 Å². The normalized spacial score (nSPS) is 21.2. The first kappa shape index (κ1) is 12.8. The van der Waals surface area contributed by atoms with Crippen molar-refractivity contribution in [2.75, 3.05) is 6.54 Å².